The number of hydrogen-bond acceptors (Lipinski definition) is 1. The van der Waals surface area contributed by atoms with Gasteiger partial charge in [-0.15, -0.1) is 0 Å². The monoisotopic (exact) mass is 237 g/mol. The Morgan fingerprint density at radius 3 is 2.47 bits per heavy atom. The highest BCUT2D eigenvalue weighted by molar-refractivity contribution is 5.78. The maximum atomic E-state index is 6.05. The zero-order chi connectivity index (χ0) is 12.5. The van der Waals surface area contributed by atoms with Gasteiger partial charge in [-0.05, 0) is 43.4 Å². The van der Waals surface area contributed by atoms with Gasteiger partial charge in [-0.25, -0.2) is 0 Å². The molecule has 2 aliphatic carbocycles. The molecule has 17 heavy (non-hydrogen) atoms. The molecule has 0 spiro atoms. The summed E-state index contributed by atoms with van der Waals surface area (Å²) < 4.78 is 0. The smallest absolute Gasteiger partial charge is 0.191 e. The molecule has 98 valence electrons. The van der Waals surface area contributed by atoms with Crippen molar-refractivity contribution in [2.75, 3.05) is 13.6 Å². The van der Waals surface area contributed by atoms with Crippen molar-refractivity contribution in [1.29, 1.82) is 0 Å². The third kappa shape index (κ3) is 3.14. The number of aliphatic imine (C=N–C) groups is 1. The van der Waals surface area contributed by atoms with E-state index in [1.54, 1.807) is 0 Å². The average Bonchev–Trinajstić information content (AvgIpc) is 3.03. The van der Waals surface area contributed by atoms with Crippen LogP contribution in [-0.4, -0.2) is 30.5 Å². The third-order valence-electron chi connectivity index (χ3n) is 4.29. The van der Waals surface area contributed by atoms with Crippen LogP contribution < -0.4 is 5.73 Å². The van der Waals surface area contributed by atoms with Gasteiger partial charge in [0.05, 0.1) is 0 Å². The van der Waals surface area contributed by atoms with Crippen molar-refractivity contribution in [3.05, 3.63) is 0 Å². The lowest BCUT2D eigenvalue weighted by Gasteiger charge is -2.42. The van der Waals surface area contributed by atoms with Crippen molar-refractivity contribution >= 4 is 5.96 Å². The fraction of sp³-hybridized carbons (Fsp3) is 0.929. The Balaban J connectivity index is 1.87. The van der Waals surface area contributed by atoms with Crippen LogP contribution in [0.2, 0.25) is 0 Å². The number of nitrogens with two attached hydrogens (primary N) is 1. The molecule has 0 atom stereocenters. The molecular weight excluding hydrogens is 210 g/mol. The molecule has 0 aromatic heterocycles. The third-order valence-corrected chi connectivity index (χ3v) is 4.29. The van der Waals surface area contributed by atoms with Crippen LogP contribution in [0.15, 0.2) is 4.99 Å². The first-order valence-corrected chi connectivity index (χ1v) is 7.05. The van der Waals surface area contributed by atoms with Gasteiger partial charge in [0.2, 0.25) is 0 Å². The van der Waals surface area contributed by atoms with Gasteiger partial charge in [0, 0.05) is 19.6 Å². The average molecular weight is 237 g/mol. The Hall–Kier alpha value is -0.730. The predicted molar refractivity (Wildman–Crippen MR) is 73.0 cm³/mol. The molecule has 2 N–H and O–H groups in total. The second kappa shape index (κ2) is 4.87. The number of rotatable bonds is 5. The molecule has 0 amide bonds. The molecule has 3 nitrogen and oxygen atoms in total. The molecule has 2 aliphatic rings. The lowest BCUT2D eigenvalue weighted by Crippen LogP contribution is -2.39. The van der Waals surface area contributed by atoms with Gasteiger partial charge >= 0.3 is 0 Å². The summed E-state index contributed by atoms with van der Waals surface area (Å²) >= 11 is 0. The van der Waals surface area contributed by atoms with Gasteiger partial charge in [-0.3, -0.25) is 4.99 Å². The van der Waals surface area contributed by atoms with E-state index in [2.05, 4.69) is 30.8 Å². The van der Waals surface area contributed by atoms with E-state index < -0.39 is 0 Å². The molecule has 0 saturated heterocycles. The number of hydrogen-bond donors (Lipinski definition) is 1. The maximum absolute atomic E-state index is 6.05. The quantitative estimate of drug-likeness (QED) is 0.590. The summed E-state index contributed by atoms with van der Waals surface area (Å²) in [6.45, 7) is 5.56. The molecule has 0 aromatic rings. The van der Waals surface area contributed by atoms with Gasteiger partial charge in [-0.2, -0.15) is 0 Å². The van der Waals surface area contributed by atoms with E-state index in [0.29, 0.717) is 11.5 Å². The van der Waals surface area contributed by atoms with Gasteiger partial charge in [-0.1, -0.05) is 20.3 Å². The van der Waals surface area contributed by atoms with E-state index in [1.165, 1.54) is 38.5 Å². The topological polar surface area (TPSA) is 41.6 Å². The van der Waals surface area contributed by atoms with Crippen LogP contribution in [0.25, 0.3) is 0 Å². The Bertz CT molecular complexity index is 288. The Labute approximate surface area is 105 Å². The van der Waals surface area contributed by atoms with Crippen LogP contribution in [-0.2, 0) is 0 Å². The van der Waals surface area contributed by atoms with Gasteiger partial charge in [0.25, 0.3) is 0 Å². The highest BCUT2D eigenvalue weighted by atomic mass is 15.3. The van der Waals surface area contributed by atoms with Crippen molar-refractivity contribution in [3.8, 4) is 0 Å². The fourth-order valence-electron chi connectivity index (χ4n) is 2.98. The normalized spacial score (nSPS) is 23.6. The standard InChI is InChI=1S/C14H27N3/c1-11(2)9-14(7-4-8-14)10-16-13(15)17(3)12-5-6-12/h11-12H,4-10H2,1-3H3,(H2,15,16). The Kier molecular flexibility index (Phi) is 3.64. The first-order valence-electron chi connectivity index (χ1n) is 7.05. The molecule has 0 heterocycles. The molecule has 0 unspecified atom stereocenters. The van der Waals surface area contributed by atoms with E-state index in [0.717, 1.165) is 18.4 Å². The molecule has 0 radical (unpaired) electrons. The Morgan fingerprint density at radius 1 is 1.41 bits per heavy atom. The second-order valence-electron chi connectivity index (χ2n) is 6.47. The van der Waals surface area contributed by atoms with Crippen molar-refractivity contribution in [1.82, 2.24) is 4.90 Å². The summed E-state index contributed by atoms with van der Waals surface area (Å²) in [6, 6.07) is 0.668. The summed E-state index contributed by atoms with van der Waals surface area (Å²) in [4.78, 5) is 6.81. The fourth-order valence-corrected chi connectivity index (χ4v) is 2.98. The van der Waals surface area contributed by atoms with Crippen molar-refractivity contribution in [2.24, 2.45) is 22.1 Å². The first kappa shape index (κ1) is 12.7. The predicted octanol–water partition coefficient (Wildman–Crippen LogP) is 2.61. The van der Waals surface area contributed by atoms with E-state index >= 15 is 0 Å². The minimum Gasteiger partial charge on any atom is -0.370 e. The van der Waals surface area contributed by atoms with Crippen molar-refractivity contribution < 1.29 is 0 Å². The molecule has 2 fully saturated rings. The molecular formula is C14H27N3. The van der Waals surface area contributed by atoms with Crippen LogP contribution >= 0.6 is 0 Å². The largest absolute Gasteiger partial charge is 0.370 e. The summed E-state index contributed by atoms with van der Waals surface area (Å²) in [5.74, 6) is 1.52. The summed E-state index contributed by atoms with van der Waals surface area (Å²) in [5.41, 5.74) is 6.53. The van der Waals surface area contributed by atoms with Crippen molar-refractivity contribution in [2.45, 2.75) is 58.4 Å². The van der Waals surface area contributed by atoms with Gasteiger partial charge < -0.3 is 10.6 Å². The zero-order valence-electron chi connectivity index (χ0n) is 11.6. The molecule has 3 heteroatoms. The van der Waals surface area contributed by atoms with E-state index in [1.807, 2.05) is 0 Å². The van der Waals surface area contributed by atoms with Crippen LogP contribution in [0.5, 0.6) is 0 Å². The Morgan fingerprint density at radius 2 is 2.06 bits per heavy atom. The van der Waals surface area contributed by atoms with E-state index in [9.17, 15) is 0 Å². The zero-order valence-corrected chi connectivity index (χ0v) is 11.6. The molecule has 0 aromatic carbocycles. The van der Waals surface area contributed by atoms with Gasteiger partial charge in [0.1, 0.15) is 0 Å². The highest BCUT2D eigenvalue weighted by Gasteiger charge is 2.37. The molecule has 0 bridgehead atoms. The van der Waals surface area contributed by atoms with Crippen LogP contribution in [0.4, 0.5) is 0 Å². The first-order chi connectivity index (χ1) is 8.02. The second-order valence-corrected chi connectivity index (χ2v) is 6.47. The lowest BCUT2D eigenvalue weighted by atomic mass is 9.64. The molecule has 0 aliphatic heterocycles. The lowest BCUT2D eigenvalue weighted by molar-refractivity contribution is 0.111. The maximum Gasteiger partial charge on any atom is 0.191 e. The van der Waals surface area contributed by atoms with E-state index in [-0.39, 0.29) is 0 Å². The number of guanidine groups is 1. The minimum atomic E-state index is 0.475. The molecule has 2 saturated carbocycles. The number of nitrogens with zero attached hydrogens (tertiary/aromatic N) is 2. The van der Waals surface area contributed by atoms with E-state index in [4.69, 9.17) is 5.73 Å². The SMILES string of the molecule is CC(C)CC1(CN=C(N)N(C)C2CC2)CCC1. The van der Waals surface area contributed by atoms with Crippen LogP contribution in [0.3, 0.4) is 0 Å². The van der Waals surface area contributed by atoms with Gasteiger partial charge in [0.15, 0.2) is 5.96 Å². The van der Waals surface area contributed by atoms with Crippen LogP contribution in [0, 0.1) is 11.3 Å². The summed E-state index contributed by atoms with van der Waals surface area (Å²) in [7, 11) is 2.08. The summed E-state index contributed by atoms with van der Waals surface area (Å²) in [5, 5.41) is 0. The summed E-state index contributed by atoms with van der Waals surface area (Å²) in [6.07, 6.45) is 7.93. The molecule has 2 rings (SSSR count). The van der Waals surface area contributed by atoms with Crippen LogP contribution in [0.1, 0.15) is 52.4 Å². The van der Waals surface area contributed by atoms with Crippen molar-refractivity contribution in [3.63, 3.8) is 0 Å². The highest BCUT2D eigenvalue weighted by Crippen LogP contribution is 2.46. The minimum absolute atomic E-state index is 0.475.